The number of nitriles is 2. The highest BCUT2D eigenvalue weighted by Crippen LogP contribution is 2.31. The van der Waals surface area contributed by atoms with Crippen molar-refractivity contribution in [3.8, 4) is 17.9 Å². The standard InChI is InChI=1S/C13H9FN2O/c14-12-5-10-2-1-3-17-13(10)11(6-12)4-9(7-15)8-16/h4-6H,1-3H2. The zero-order valence-electron chi connectivity index (χ0n) is 9.03. The van der Waals surface area contributed by atoms with E-state index in [1.807, 2.05) is 0 Å². The second-order valence-corrected chi connectivity index (χ2v) is 3.72. The van der Waals surface area contributed by atoms with Crippen molar-refractivity contribution in [3.05, 3.63) is 34.6 Å². The van der Waals surface area contributed by atoms with Crippen molar-refractivity contribution in [2.45, 2.75) is 12.8 Å². The molecular weight excluding hydrogens is 219 g/mol. The number of ether oxygens (including phenoxy) is 1. The van der Waals surface area contributed by atoms with E-state index in [1.165, 1.54) is 18.2 Å². The van der Waals surface area contributed by atoms with E-state index in [9.17, 15) is 4.39 Å². The van der Waals surface area contributed by atoms with E-state index >= 15 is 0 Å². The molecule has 0 fully saturated rings. The molecule has 3 nitrogen and oxygen atoms in total. The minimum Gasteiger partial charge on any atom is -0.493 e. The molecule has 0 aliphatic carbocycles. The van der Waals surface area contributed by atoms with E-state index in [0.29, 0.717) is 17.9 Å². The summed E-state index contributed by atoms with van der Waals surface area (Å²) in [5.74, 6) is 0.205. The molecule has 0 saturated carbocycles. The Kier molecular flexibility index (Phi) is 3.07. The van der Waals surface area contributed by atoms with Gasteiger partial charge in [0.2, 0.25) is 0 Å². The Labute approximate surface area is 98.4 Å². The average Bonchev–Trinajstić information content (AvgIpc) is 2.35. The number of hydrogen-bond acceptors (Lipinski definition) is 3. The maximum atomic E-state index is 13.4. The molecule has 84 valence electrons. The topological polar surface area (TPSA) is 56.8 Å². The molecule has 1 aromatic carbocycles. The summed E-state index contributed by atoms with van der Waals surface area (Å²) in [6, 6.07) is 6.21. The Bertz CT molecular complexity index is 548. The summed E-state index contributed by atoms with van der Waals surface area (Å²) in [5, 5.41) is 17.4. The van der Waals surface area contributed by atoms with Crippen molar-refractivity contribution in [3.63, 3.8) is 0 Å². The molecular formula is C13H9FN2O. The molecule has 0 radical (unpaired) electrons. The van der Waals surface area contributed by atoms with Crippen molar-refractivity contribution < 1.29 is 9.13 Å². The molecule has 0 atom stereocenters. The lowest BCUT2D eigenvalue weighted by Gasteiger charge is -2.19. The highest BCUT2D eigenvalue weighted by atomic mass is 19.1. The summed E-state index contributed by atoms with van der Waals surface area (Å²) in [4.78, 5) is 0. The maximum Gasteiger partial charge on any atom is 0.130 e. The molecule has 0 N–H and O–H groups in total. The summed E-state index contributed by atoms with van der Waals surface area (Å²) in [6.07, 6.45) is 2.96. The Morgan fingerprint density at radius 2 is 2.12 bits per heavy atom. The lowest BCUT2D eigenvalue weighted by Crippen LogP contribution is -2.10. The molecule has 0 bridgehead atoms. The van der Waals surface area contributed by atoms with Gasteiger partial charge in [0.05, 0.1) is 6.61 Å². The maximum absolute atomic E-state index is 13.4. The van der Waals surface area contributed by atoms with Crippen LogP contribution < -0.4 is 4.74 Å². The van der Waals surface area contributed by atoms with Crippen LogP contribution >= 0.6 is 0 Å². The summed E-state index contributed by atoms with van der Waals surface area (Å²) >= 11 is 0. The minimum atomic E-state index is -0.379. The second kappa shape index (κ2) is 4.67. The molecule has 1 aromatic rings. The lowest BCUT2D eigenvalue weighted by atomic mass is 10.0. The highest BCUT2D eigenvalue weighted by molar-refractivity contribution is 5.68. The van der Waals surface area contributed by atoms with Gasteiger partial charge in [-0.3, -0.25) is 0 Å². The van der Waals surface area contributed by atoms with Crippen molar-refractivity contribution in [1.82, 2.24) is 0 Å². The van der Waals surface area contributed by atoms with E-state index in [2.05, 4.69) is 0 Å². The molecule has 1 aliphatic heterocycles. The van der Waals surface area contributed by atoms with Crippen LogP contribution in [0.15, 0.2) is 17.7 Å². The third-order valence-electron chi connectivity index (χ3n) is 2.54. The van der Waals surface area contributed by atoms with Crippen LogP contribution in [0.2, 0.25) is 0 Å². The van der Waals surface area contributed by atoms with Crippen LogP contribution in [0, 0.1) is 28.5 Å². The van der Waals surface area contributed by atoms with Crippen molar-refractivity contribution in [2.24, 2.45) is 0 Å². The van der Waals surface area contributed by atoms with Crippen LogP contribution in [-0.2, 0) is 6.42 Å². The van der Waals surface area contributed by atoms with E-state index in [-0.39, 0.29) is 11.4 Å². The van der Waals surface area contributed by atoms with Crippen molar-refractivity contribution >= 4 is 6.08 Å². The van der Waals surface area contributed by atoms with Crippen LogP contribution in [0.1, 0.15) is 17.5 Å². The van der Waals surface area contributed by atoms with Gasteiger partial charge in [-0.2, -0.15) is 10.5 Å². The highest BCUT2D eigenvalue weighted by Gasteiger charge is 2.15. The van der Waals surface area contributed by atoms with Gasteiger partial charge in [0, 0.05) is 5.56 Å². The minimum absolute atomic E-state index is 0.0630. The van der Waals surface area contributed by atoms with Gasteiger partial charge in [-0.05, 0) is 36.6 Å². The molecule has 0 saturated heterocycles. The number of allylic oxidation sites excluding steroid dienone is 1. The van der Waals surface area contributed by atoms with Gasteiger partial charge in [-0.25, -0.2) is 4.39 Å². The molecule has 0 amide bonds. The first-order chi connectivity index (χ1) is 8.24. The normalized spacial score (nSPS) is 12.6. The van der Waals surface area contributed by atoms with Crippen LogP contribution in [-0.4, -0.2) is 6.61 Å². The number of halogens is 1. The van der Waals surface area contributed by atoms with Gasteiger partial charge in [0.15, 0.2) is 0 Å². The van der Waals surface area contributed by atoms with E-state index < -0.39 is 0 Å². The zero-order chi connectivity index (χ0) is 12.3. The van der Waals surface area contributed by atoms with Gasteiger partial charge in [-0.15, -0.1) is 0 Å². The number of aryl methyl sites for hydroxylation is 1. The Morgan fingerprint density at radius 1 is 1.35 bits per heavy atom. The van der Waals surface area contributed by atoms with Crippen LogP contribution in [0.4, 0.5) is 4.39 Å². The first-order valence-corrected chi connectivity index (χ1v) is 5.21. The van der Waals surface area contributed by atoms with Gasteiger partial charge in [0.1, 0.15) is 29.3 Å². The van der Waals surface area contributed by atoms with Gasteiger partial charge in [0.25, 0.3) is 0 Å². The molecule has 0 unspecified atom stereocenters. The fraction of sp³-hybridized carbons (Fsp3) is 0.231. The fourth-order valence-electron chi connectivity index (χ4n) is 1.82. The summed E-state index contributed by atoms with van der Waals surface area (Å²) in [6.45, 7) is 0.577. The number of fused-ring (bicyclic) bond motifs is 1. The Balaban J connectivity index is 2.55. The van der Waals surface area contributed by atoms with Gasteiger partial charge < -0.3 is 4.74 Å². The third kappa shape index (κ3) is 2.26. The number of rotatable bonds is 1. The largest absolute Gasteiger partial charge is 0.493 e. The molecule has 17 heavy (non-hydrogen) atoms. The number of nitrogens with zero attached hydrogens (tertiary/aromatic N) is 2. The predicted molar refractivity (Wildman–Crippen MR) is 59.4 cm³/mol. The van der Waals surface area contributed by atoms with E-state index in [1.54, 1.807) is 12.1 Å². The first-order valence-electron chi connectivity index (χ1n) is 5.21. The molecule has 4 heteroatoms. The van der Waals surface area contributed by atoms with E-state index in [0.717, 1.165) is 18.4 Å². The van der Waals surface area contributed by atoms with Gasteiger partial charge >= 0.3 is 0 Å². The van der Waals surface area contributed by atoms with Crippen LogP contribution in [0.25, 0.3) is 6.08 Å². The smallest absolute Gasteiger partial charge is 0.130 e. The molecule has 0 aromatic heterocycles. The lowest BCUT2D eigenvalue weighted by molar-refractivity contribution is 0.287. The molecule has 0 spiro atoms. The summed E-state index contributed by atoms with van der Waals surface area (Å²) in [7, 11) is 0. The fourth-order valence-corrected chi connectivity index (χ4v) is 1.82. The summed E-state index contributed by atoms with van der Waals surface area (Å²) in [5.41, 5.74) is 1.18. The van der Waals surface area contributed by atoms with Crippen molar-refractivity contribution in [1.29, 1.82) is 10.5 Å². The summed E-state index contributed by atoms with van der Waals surface area (Å²) < 4.78 is 18.8. The number of hydrogen-bond donors (Lipinski definition) is 0. The molecule has 2 rings (SSSR count). The SMILES string of the molecule is N#CC(C#N)=Cc1cc(F)cc2c1OCCC2. The van der Waals surface area contributed by atoms with Crippen molar-refractivity contribution in [2.75, 3.05) is 6.61 Å². The molecule has 1 aliphatic rings. The average molecular weight is 228 g/mol. The Hall–Kier alpha value is -2.33. The Morgan fingerprint density at radius 3 is 2.82 bits per heavy atom. The van der Waals surface area contributed by atoms with E-state index in [4.69, 9.17) is 15.3 Å². The predicted octanol–water partition coefficient (Wildman–Crippen LogP) is 2.58. The third-order valence-corrected chi connectivity index (χ3v) is 2.54. The number of benzene rings is 1. The molecule has 1 heterocycles. The second-order valence-electron chi connectivity index (χ2n) is 3.72. The van der Waals surface area contributed by atoms with Gasteiger partial charge in [-0.1, -0.05) is 0 Å². The van der Waals surface area contributed by atoms with Crippen LogP contribution in [0.3, 0.4) is 0 Å². The quantitative estimate of drug-likeness (QED) is 0.694. The monoisotopic (exact) mass is 228 g/mol. The van der Waals surface area contributed by atoms with Crippen LogP contribution in [0.5, 0.6) is 5.75 Å². The zero-order valence-corrected chi connectivity index (χ0v) is 9.03. The first kappa shape index (κ1) is 11.2.